The second-order valence-corrected chi connectivity index (χ2v) is 7.44. The lowest BCUT2D eigenvalue weighted by Crippen LogP contribution is -2.36. The Morgan fingerprint density at radius 2 is 1.78 bits per heavy atom. The number of primary amides is 1. The molecule has 0 spiro atoms. The molecular weight excluding hydrogens is 423 g/mol. The van der Waals surface area contributed by atoms with Crippen molar-refractivity contribution in [2.45, 2.75) is 19.1 Å². The van der Waals surface area contributed by atoms with E-state index in [0.717, 1.165) is 31.6 Å². The van der Waals surface area contributed by atoms with Gasteiger partial charge in [-0.3, -0.25) is 9.69 Å². The van der Waals surface area contributed by atoms with Crippen LogP contribution in [0.15, 0.2) is 48.5 Å². The van der Waals surface area contributed by atoms with Gasteiger partial charge in [-0.05, 0) is 62.0 Å². The molecule has 2 aromatic carbocycles. The van der Waals surface area contributed by atoms with Crippen LogP contribution in [0.2, 0.25) is 0 Å². The lowest BCUT2D eigenvalue weighted by molar-refractivity contribution is -0.137. The van der Waals surface area contributed by atoms with Gasteiger partial charge in [0.05, 0.1) is 5.56 Å². The predicted octanol–water partition coefficient (Wildman–Crippen LogP) is 3.84. The summed E-state index contributed by atoms with van der Waals surface area (Å²) in [4.78, 5) is 21.6. The highest BCUT2D eigenvalue weighted by Crippen LogP contribution is 2.35. The quantitative estimate of drug-likeness (QED) is 0.599. The number of rotatable bonds is 6. The van der Waals surface area contributed by atoms with E-state index in [2.05, 4.69) is 14.9 Å². The lowest BCUT2D eigenvalue weighted by Gasteiger charge is -2.31. The van der Waals surface area contributed by atoms with Gasteiger partial charge in [-0.2, -0.15) is 13.2 Å². The lowest BCUT2D eigenvalue weighted by atomic mass is 10.1. The van der Waals surface area contributed by atoms with Crippen molar-refractivity contribution in [3.05, 3.63) is 65.4 Å². The summed E-state index contributed by atoms with van der Waals surface area (Å²) in [7, 11) is 0. The fourth-order valence-electron chi connectivity index (χ4n) is 3.28. The van der Waals surface area contributed by atoms with Crippen molar-refractivity contribution in [1.82, 2.24) is 14.9 Å². The fraction of sp³-hybridized carbons (Fsp3) is 0.227. The molecule has 2 heterocycles. The molecule has 1 amide bonds. The standard InChI is InChI=1S/C22H20F3N5O2/c23-22(24,25)15-4-7-18(14(10-15)12-30-8-1-9-30)32-16-5-2-13(3-6-16)21-28-17(20(27)31)11-19(26)29-21/h2-7,10-11H,1,8-9,12H2,(H2,27,31)(H2,26,28,29). The summed E-state index contributed by atoms with van der Waals surface area (Å²) >= 11 is 0. The van der Waals surface area contributed by atoms with Crippen molar-refractivity contribution in [3.63, 3.8) is 0 Å². The number of benzene rings is 2. The van der Waals surface area contributed by atoms with Crippen LogP contribution in [0.5, 0.6) is 11.5 Å². The van der Waals surface area contributed by atoms with Crippen LogP contribution < -0.4 is 16.2 Å². The molecule has 7 nitrogen and oxygen atoms in total. The number of nitrogen functional groups attached to an aromatic ring is 1. The van der Waals surface area contributed by atoms with Crippen LogP contribution in [-0.4, -0.2) is 33.9 Å². The van der Waals surface area contributed by atoms with Crippen LogP contribution in [0.4, 0.5) is 19.0 Å². The molecule has 10 heteroatoms. The third kappa shape index (κ3) is 4.80. The maximum atomic E-state index is 13.2. The summed E-state index contributed by atoms with van der Waals surface area (Å²) < 4.78 is 45.4. The Kier molecular flexibility index (Phi) is 5.70. The second kappa shape index (κ2) is 8.46. The number of anilines is 1. The normalized spacial score (nSPS) is 14.1. The average molecular weight is 443 g/mol. The van der Waals surface area contributed by atoms with Gasteiger partial charge < -0.3 is 16.2 Å². The van der Waals surface area contributed by atoms with Gasteiger partial charge >= 0.3 is 6.18 Å². The van der Waals surface area contributed by atoms with Crippen LogP contribution in [0.25, 0.3) is 11.4 Å². The number of alkyl halides is 3. The Labute approximate surface area is 181 Å². The van der Waals surface area contributed by atoms with Gasteiger partial charge in [0.2, 0.25) is 0 Å². The first-order valence-electron chi connectivity index (χ1n) is 9.84. The third-order valence-corrected chi connectivity index (χ3v) is 5.07. The molecule has 1 aliphatic heterocycles. The molecule has 1 aliphatic rings. The Morgan fingerprint density at radius 3 is 2.38 bits per heavy atom. The van der Waals surface area contributed by atoms with E-state index in [1.807, 2.05) is 0 Å². The average Bonchev–Trinajstić information content (AvgIpc) is 2.71. The van der Waals surface area contributed by atoms with E-state index >= 15 is 0 Å². The van der Waals surface area contributed by atoms with Crippen LogP contribution in [0.3, 0.4) is 0 Å². The number of ether oxygens (including phenoxy) is 1. The minimum absolute atomic E-state index is 0.00628. The summed E-state index contributed by atoms with van der Waals surface area (Å²) in [5, 5.41) is 0. The SMILES string of the molecule is NC(=O)c1cc(N)nc(-c2ccc(Oc3ccc(C(F)(F)F)cc3CN3CCC3)cc2)n1. The van der Waals surface area contributed by atoms with E-state index in [0.29, 0.717) is 29.2 Å². The Bertz CT molecular complexity index is 1150. The molecule has 0 atom stereocenters. The van der Waals surface area contributed by atoms with Crippen molar-refractivity contribution in [2.75, 3.05) is 18.8 Å². The molecular formula is C22H20F3N5O2. The van der Waals surface area contributed by atoms with Crippen LogP contribution in [0.1, 0.15) is 28.0 Å². The Balaban J connectivity index is 1.59. The van der Waals surface area contributed by atoms with Gasteiger partial charge in [-0.25, -0.2) is 9.97 Å². The first-order chi connectivity index (χ1) is 15.2. The van der Waals surface area contributed by atoms with Crippen LogP contribution in [0, 0.1) is 0 Å². The van der Waals surface area contributed by atoms with Gasteiger partial charge in [0.25, 0.3) is 5.91 Å². The van der Waals surface area contributed by atoms with Gasteiger partial charge in [0.15, 0.2) is 5.82 Å². The summed E-state index contributed by atoms with van der Waals surface area (Å²) in [5.74, 6) is 0.381. The minimum atomic E-state index is -4.43. The second-order valence-electron chi connectivity index (χ2n) is 7.44. The van der Waals surface area contributed by atoms with Crippen molar-refractivity contribution >= 4 is 11.7 Å². The van der Waals surface area contributed by atoms with Gasteiger partial charge in [-0.1, -0.05) is 0 Å². The highest BCUT2D eigenvalue weighted by molar-refractivity contribution is 5.91. The molecule has 1 aromatic heterocycles. The van der Waals surface area contributed by atoms with Crippen molar-refractivity contribution < 1.29 is 22.7 Å². The maximum Gasteiger partial charge on any atom is 0.416 e. The van der Waals surface area contributed by atoms with E-state index in [1.165, 1.54) is 12.1 Å². The highest BCUT2D eigenvalue weighted by Gasteiger charge is 2.31. The smallest absolute Gasteiger partial charge is 0.416 e. The maximum absolute atomic E-state index is 13.2. The van der Waals surface area contributed by atoms with E-state index in [9.17, 15) is 18.0 Å². The molecule has 0 radical (unpaired) electrons. The van der Waals surface area contributed by atoms with E-state index < -0.39 is 17.6 Å². The molecule has 4 N–H and O–H groups in total. The van der Waals surface area contributed by atoms with Crippen molar-refractivity contribution in [1.29, 1.82) is 0 Å². The number of halogens is 3. The zero-order valence-electron chi connectivity index (χ0n) is 16.9. The van der Waals surface area contributed by atoms with E-state index in [1.54, 1.807) is 24.3 Å². The topological polar surface area (TPSA) is 107 Å². The monoisotopic (exact) mass is 443 g/mol. The Morgan fingerprint density at radius 1 is 1.06 bits per heavy atom. The van der Waals surface area contributed by atoms with Crippen molar-refractivity contribution in [2.24, 2.45) is 5.73 Å². The summed E-state index contributed by atoms with van der Waals surface area (Å²) in [6.07, 6.45) is -3.40. The van der Waals surface area contributed by atoms with Gasteiger partial charge in [0, 0.05) is 23.7 Å². The zero-order valence-corrected chi connectivity index (χ0v) is 16.9. The Hall–Kier alpha value is -3.66. The predicted molar refractivity (Wildman–Crippen MR) is 112 cm³/mol. The number of nitrogens with zero attached hydrogens (tertiary/aromatic N) is 3. The summed E-state index contributed by atoms with van der Waals surface area (Å²) in [5.41, 5.74) is 11.3. The van der Waals surface area contributed by atoms with E-state index in [4.69, 9.17) is 16.2 Å². The summed E-state index contributed by atoms with van der Waals surface area (Å²) in [6, 6.07) is 11.4. The first-order valence-corrected chi connectivity index (χ1v) is 9.84. The minimum Gasteiger partial charge on any atom is -0.457 e. The summed E-state index contributed by atoms with van der Waals surface area (Å²) in [6.45, 7) is 2.07. The fourth-order valence-corrected chi connectivity index (χ4v) is 3.28. The van der Waals surface area contributed by atoms with Gasteiger partial charge in [0.1, 0.15) is 23.0 Å². The molecule has 0 saturated carbocycles. The molecule has 3 aromatic rings. The molecule has 32 heavy (non-hydrogen) atoms. The van der Waals surface area contributed by atoms with E-state index in [-0.39, 0.29) is 17.3 Å². The number of carbonyl (C=O) groups excluding carboxylic acids is 1. The van der Waals surface area contributed by atoms with Crippen molar-refractivity contribution in [3.8, 4) is 22.9 Å². The molecule has 166 valence electrons. The number of hydrogen-bond donors (Lipinski definition) is 2. The highest BCUT2D eigenvalue weighted by atomic mass is 19.4. The zero-order chi connectivity index (χ0) is 22.9. The third-order valence-electron chi connectivity index (χ3n) is 5.07. The largest absolute Gasteiger partial charge is 0.457 e. The molecule has 4 rings (SSSR count). The number of nitrogens with two attached hydrogens (primary N) is 2. The number of likely N-dealkylation sites (tertiary alicyclic amines) is 1. The number of aromatic nitrogens is 2. The van der Waals surface area contributed by atoms with Crippen LogP contribution >= 0.6 is 0 Å². The number of amides is 1. The first kappa shape index (κ1) is 21.6. The molecule has 0 bridgehead atoms. The molecule has 0 aliphatic carbocycles. The van der Waals surface area contributed by atoms with Crippen LogP contribution in [-0.2, 0) is 12.7 Å². The molecule has 1 fully saturated rings. The number of hydrogen-bond acceptors (Lipinski definition) is 6. The molecule has 0 unspecified atom stereocenters. The number of carbonyl (C=O) groups is 1. The molecule has 1 saturated heterocycles. The van der Waals surface area contributed by atoms with Gasteiger partial charge in [-0.15, -0.1) is 0 Å².